The van der Waals surface area contributed by atoms with E-state index in [0.717, 1.165) is 0 Å². The molecule has 1 spiro atoms. The van der Waals surface area contributed by atoms with Crippen molar-refractivity contribution in [2.75, 3.05) is 0 Å². The topological polar surface area (TPSA) is 0 Å². The molecule has 0 saturated heterocycles. The molecule has 0 aromatic heterocycles. The van der Waals surface area contributed by atoms with Crippen LogP contribution in [-0.4, -0.2) is 8.07 Å². The predicted molar refractivity (Wildman–Crippen MR) is 257 cm³/mol. The van der Waals surface area contributed by atoms with E-state index < -0.39 is 8.07 Å². The van der Waals surface area contributed by atoms with Gasteiger partial charge in [0.2, 0.25) is 0 Å². The summed E-state index contributed by atoms with van der Waals surface area (Å²) >= 11 is 0. The van der Waals surface area contributed by atoms with Crippen molar-refractivity contribution in [1.29, 1.82) is 0 Å². The van der Waals surface area contributed by atoms with Gasteiger partial charge in [-0.05, 0) is 151 Å². The molecule has 1 heteroatoms. The van der Waals surface area contributed by atoms with Crippen LogP contribution in [-0.2, 0) is 17.5 Å². The first-order chi connectivity index (χ1) is 29.5. The summed E-state index contributed by atoms with van der Waals surface area (Å²) < 4.78 is 0. The molecule has 10 aromatic rings. The van der Waals surface area contributed by atoms with Crippen molar-refractivity contribution in [3.8, 4) is 55.6 Å². The van der Waals surface area contributed by atoms with E-state index in [2.05, 4.69) is 208 Å². The summed E-state index contributed by atoms with van der Waals surface area (Å²) in [4.78, 5) is 0. The molecule has 2 heterocycles. The number of benzene rings is 10. The Morgan fingerprint density at radius 3 is 1.72 bits per heavy atom. The van der Waals surface area contributed by atoms with Crippen LogP contribution in [0.3, 0.4) is 0 Å². The van der Waals surface area contributed by atoms with Crippen LogP contribution in [0.1, 0.15) is 36.1 Å². The van der Waals surface area contributed by atoms with Gasteiger partial charge in [-0.3, -0.25) is 0 Å². The molecule has 0 radical (unpaired) electrons. The average molecular weight is 779 g/mol. The van der Waals surface area contributed by atoms with Gasteiger partial charge >= 0.3 is 0 Å². The van der Waals surface area contributed by atoms with Crippen molar-refractivity contribution in [3.63, 3.8) is 0 Å². The van der Waals surface area contributed by atoms with Gasteiger partial charge in [0, 0.05) is 5.41 Å². The van der Waals surface area contributed by atoms with Crippen molar-refractivity contribution in [1.82, 2.24) is 0 Å². The Morgan fingerprint density at radius 2 is 0.900 bits per heavy atom. The zero-order chi connectivity index (χ0) is 39.7. The lowest BCUT2D eigenvalue weighted by molar-refractivity contribution is 0.660. The molecule has 10 aromatic carbocycles. The molecule has 0 N–H and O–H groups in total. The van der Waals surface area contributed by atoms with Gasteiger partial charge in [-0.1, -0.05) is 190 Å². The van der Waals surface area contributed by atoms with Crippen molar-refractivity contribution >= 4 is 50.8 Å². The lowest BCUT2D eigenvalue weighted by atomic mass is 9.80. The third kappa shape index (κ3) is 4.61. The fourth-order valence-electron chi connectivity index (χ4n) is 11.9. The largest absolute Gasteiger partial charge is 0.128 e. The van der Waals surface area contributed by atoms with Crippen LogP contribution in [0.25, 0.3) is 88.0 Å². The SMILES string of the molecule is CC1(C)c2ccccc2-c2ccc(-c3c4ccccc4c(-c4ccc5c(c4)-c4ccccc4[Si]54Cc5ccccc5C4)c4ccc(-c5cccc6ccccc56)cc34)cc21. The molecule has 0 amide bonds. The fraction of sp³-hybridized carbons (Fsp3) is 0.0847. The summed E-state index contributed by atoms with van der Waals surface area (Å²) in [7, 11) is -2.01. The van der Waals surface area contributed by atoms with E-state index in [9.17, 15) is 0 Å². The summed E-state index contributed by atoms with van der Waals surface area (Å²) in [6.07, 6.45) is 0. The molecule has 60 heavy (non-hydrogen) atoms. The van der Waals surface area contributed by atoms with E-state index in [1.165, 1.54) is 111 Å². The molecule has 282 valence electrons. The standard InChI is InChI=1S/C59H42Si/c1-59(2)53-24-11-9-19-45(53)46-29-27-40(34-54(46)59)58-49-22-8-7-21-48(49)57(50-30-26-38(32-52(50)58)44-23-13-17-37-14-5-6-18-43(37)44)39-28-31-56-51(33-39)47-20-10-12-25-55(47)60(56)35-41-15-3-4-16-42(41)36-60/h3-34H,35-36H2,1-2H3. The van der Waals surface area contributed by atoms with Gasteiger partial charge in [0.05, 0.1) is 0 Å². The maximum Gasteiger partial charge on any atom is 0.128 e. The Balaban J connectivity index is 1.08. The van der Waals surface area contributed by atoms with Crippen LogP contribution in [0, 0.1) is 0 Å². The molecule has 2 aliphatic heterocycles. The highest BCUT2D eigenvalue weighted by Crippen LogP contribution is 2.52. The van der Waals surface area contributed by atoms with Crippen LogP contribution >= 0.6 is 0 Å². The highest BCUT2D eigenvalue weighted by Gasteiger charge is 2.49. The molecule has 13 rings (SSSR count). The van der Waals surface area contributed by atoms with E-state index in [-0.39, 0.29) is 5.41 Å². The Morgan fingerprint density at radius 1 is 0.350 bits per heavy atom. The van der Waals surface area contributed by atoms with Gasteiger partial charge in [0.1, 0.15) is 8.07 Å². The van der Waals surface area contributed by atoms with Crippen LogP contribution in [0.2, 0.25) is 0 Å². The van der Waals surface area contributed by atoms with Crippen LogP contribution in [0.5, 0.6) is 0 Å². The lowest BCUT2D eigenvalue weighted by Gasteiger charge is -2.24. The zero-order valence-corrected chi connectivity index (χ0v) is 34.9. The fourth-order valence-corrected chi connectivity index (χ4v) is 17.4. The number of fused-ring (bicyclic) bond motifs is 12. The minimum Gasteiger partial charge on any atom is -0.0623 e. The molecule has 0 nitrogen and oxygen atoms in total. The van der Waals surface area contributed by atoms with Crippen LogP contribution in [0.4, 0.5) is 0 Å². The number of hydrogen-bond acceptors (Lipinski definition) is 0. The van der Waals surface area contributed by atoms with Crippen LogP contribution in [0.15, 0.2) is 194 Å². The highest BCUT2D eigenvalue weighted by molar-refractivity contribution is 7.05. The van der Waals surface area contributed by atoms with Crippen molar-refractivity contribution < 1.29 is 0 Å². The first-order valence-corrected chi connectivity index (χ1v) is 23.9. The quantitative estimate of drug-likeness (QED) is 0.124. The first-order valence-electron chi connectivity index (χ1n) is 21.5. The zero-order valence-electron chi connectivity index (χ0n) is 33.9. The highest BCUT2D eigenvalue weighted by atomic mass is 28.3. The van der Waals surface area contributed by atoms with E-state index >= 15 is 0 Å². The maximum atomic E-state index is 2.56. The monoisotopic (exact) mass is 778 g/mol. The summed E-state index contributed by atoms with van der Waals surface area (Å²) in [6, 6.07) is 76.8. The summed E-state index contributed by atoms with van der Waals surface area (Å²) in [5.74, 6) is 0. The molecular weight excluding hydrogens is 737 g/mol. The molecule has 0 unspecified atom stereocenters. The normalized spacial score (nSPS) is 15.0. The van der Waals surface area contributed by atoms with Gasteiger partial charge in [0.15, 0.2) is 0 Å². The van der Waals surface area contributed by atoms with E-state index in [0.29, 0.717) is 0 Å². The molecule has 1 aliphatic carbocycles. The summed E-state index contributed by atoms with van der Waals surface area (Å²) in [5, 5.41) is 10.9. The molecule has 0 fully saturated rings. The van der Waals surface area contributed by atoms with Gasteiger partial charge < -0.3 is 0 Å². The smallest absolute Gasteiger partial charge is 0.0623 e. The molecule has 0 saturated carbocycles. The van der Waals surface area contributed by atoms with E-state index in [4.69, 9.17) is 0 Å². The summed E-state index contributed by atoms with van der Waals surface area (Å²) in [5.41, 5.74) is 19.1. The second kappa shape index (κ2) is 12.4. The molecule has 3 aliphatic rings. The van der Waals surface area contributed by atoms with Gasteiger partial charge in [-0.15, -0.1) is 0 Å². The Hall–Kier alpha value is -6.80. The maximum absolute atomic E-state index is 2.56. The minimum absolute atomic E-state index is 0.0936. The second-order valence-corrected chi connectivity index (χ2v) is 22.0. The van der Waals surface area contributed by atoms with Gasteiger partial charge in [-0.2, -0.15) is 0 Å². The summed E-state index contributed by atoms with van der Waals surface area (Å²) in [6.45, 7) is 4.78. The van der Waals surface area contributed by atoms with Crippen molar-refractivity contribution in [2.45, 2.75) is 31.4 Å². The molecular formula is C59H42Si. The Labute approximate surface area is 352 Å². The minimum atomic E-state index is -2.01. The molecule has 0 bridgehead atoms. The van der Waals surface area contributed by atoms with Crippen molar-refractivity contribution in [3.05, 3.63) is 216 Å². The van der Waals surface area contributed by atoms with Crippen molar-refractivity contribution in [2.24, 2.45) is 0 Å². The number of hydrogen-bond donors (Lipinski definition) is 0. The van der Waals surface area contributed by atoms with Gasteiger partial charge in [-0.25, -0.2) is 0 Å². The predicted octanol–water partition coefficient (Wildman–Crippen LogP) is 13.9. The second-order valence-electron chi connectivity index (χ2n) is 18.0. The Kier molecular flexibility index (Phi) is 7.03. The average Bonchev–Trinajstić information content (AvgIpc) is 3.90. The van der Waals surface area contributed by atoms with Gasteiger partial charge in [0.25, 0.3) is 0 Å². The third-order valence-electron chi connectivity index (χ3n) is 14.7. The number of rotatable bonds is 3. The van der Waals surface area contributed by atoms with E-state index in [1.807, 2.05) is 0 Å². The molecule has 0 atom stereocenters. The third-order valence-corrected chi connectivity index (χ3v) is 19.6. The Bertz CT molecular complexity index is 3440. The lowest BCUT2D eigenvalue weighted by Crippen LogP contribution is -2.57. The van der Waals surface area contributed by atoms with E-state index in [1.54, 1.807) is 21.5 Å². The first kappa shape index (κ1) is 34.1. The van der Waals surface area contributed by atoms with Crippen LogP contribution < -0.4 is 10.4 Å².